The Labute approximate surface area is 177 Å². The molecule has 2 aromatic heterocycles. The molecule has 0 fully saturated rings. The first-order valence-electron chi connectivity index (χ1n) is 9.07. The number of methoxy groups -OCH3 is 2. The van der Waals surface area contributed by atoms with Gasteiger partial charge in [-0.2, -0.15) is 5.10 Å². The van der Waals surface area contributed by atoms with Crippen molar-refractivity contribution >= 4 is 21.8 Å². The number of aromatic nitrogens is 4. The Kier molecular flexibility index (Phi) is 6.48. The minimum absolute atomic E-state index is 0.196. The molecule has 1 amide bonds. The number of ether oxygens (including phenoxy) is 2. The van der Waals surface area contributed by atoms with E-state index in [4.69, 9.17) is 9.47 Å². The number of hydrogen-bond acceptors (Lipinski definition) is 6. The molecule has 0 aliphatic rings. The summed E-state index contributed by atoms with van der Waals surface area (Å²) in [6.45, 7) is 3.89. The zero-order valence-electron chi connectivity index (χ0n) is 16.6. The molecule has 0 bridgehead atoms. The maximum Gasteiger partial charge on any atom is 0.255 e. The number of nitrogens with one attached hydrogen (secondary N) is 1. The molecule has 0 aliphatic heterocycles. The number of hydrogen-bond donors (Lipinski definition) is 1. The Hall–Kier alpha value is -2.94. The van der Waals surface area contributed by atoms with E-state index >= 15 is 0 Å². The van der Waals surface area contributed by atoms with Crippen LogP contribution in [0.1, 0.15) is 41.5 Å². The molecule has 9 heteroatoms. The third kappa shape index (κ3) is 4.40. The first kappa shape index (κ1) is 20.8. The maximum absolute atomic E-state index is 12.9. The highest BCUT2D eigenvalue weighted by molar-refractivity contribution is 9.10. The summed E-state index contributed by atoms with van der Waals surface area (Å²) in [6.07, 6.45) is 2.16. The molecule has 3 rings (SSSR count). The molecule has 1 unspecified atom stereocenters. The number of carbonyl (C=O) groups is 1. The largest absolute Gasteiger partial charge is 0.496 e. The van der Waals surface area contributed by atoms with Gasteiger partial charge in [0, 0.05) is 6.07 Å². The summed E-state index contributed by atoms with van der Waals surface area (Å²) >= 11 is 3.48. The Balaban J connectivity index is 1.82. The monoisotopic (exact) mass is 459 g/mol. The van der Waals surface area contributed by atoms with Gasteiger partial charge in [0.05, 0.1) is 42.2 Å². The molecule has 0 aliphatic carbocycles. The average molecular weight is 460 g/mol. The van der Waals surface area contributed by atoms with Crippen LogP contribution in [0.5, 0.6) is 11.6 Å². The molecule has 0 spiro atoms. The summed E-state index contributed by atoms with van der Waals surface area (Å²) in [5, 5.41) is 15.4. The topological polar surface area (TPSA) is 91.2 Å². The van der Waals surface area contributed by atoms with Gasteiger partial charge >= 0.3 is 0 Å². The van der Waals surface area contributed by atoms with E-state index in [1.54, 1.807) is 30.1 Å². The summed E-state index contributed by atoms with van der Waals surface area (Å²) in [4.78, 5) is 12.9. The lowest BCUT2D eigenvalue weighted by atomic mass is 10.1. The van der Waals surface area contributed by atoms with Gasteiger partial charge in [0.1, 0.15) is 5.75 Å². The lowest BCUT2D eigenvalue weighted by Crippen LogP contribution is -2.27. The summed E-state index contributed by atoms with van der Waals surface area (Å²) in [7, 11) is 3.14. The van der Waals surface area contributed by atoms with Gasteiger partial charge in [0.15, 0.2) is 5.82 Å². The smallest absolute Gasteiger partial charge is 0.255 e. The third-order valence-electron chi connectivity index (χ3n) is 4.52. The summed E-state index contributed by atoms with van der Waals surface area (Å²) in [5.74, 6) is 1.47. The van der Waals surface area contributed by atoms with Gasteiger partial charge < -0.3 is 14.8 Å². The summed E-state index contributed by atoms with van der Waals surface area (Å²) in [5.41, 5.74) is 2.21. The van der Waals surface area contributed by atoms with E-state index in [0.717, 1.165) is 21.5 Å². The molecule has 3 aromatic rings. The van der Waals surface area contributed by atoms with Gasteiger partial charge in [-0.15, -0.1) is 10.2 Å². The van der Waals surface area contributed by atoms with Crippen molar-refractivity contribution < 1.29 is 14.3 Å². The van der Waals surface area contributed by atoms with Crippen LogP contribution in [0, 0.1) is 0 Å². The normalized spacial score (nSPS) is 11.8. The van der Waals surface area contributed by atoms with Gasteiger partial charge in [0.25, 0.3) is 5.91 Å². The minimum Gasteiger partial charge on any atom is -0.496 e. The van der Waals surface area contributed by atoms with Crippen LogP contribution in [0.3, 0.4) is 0 Å². The van der Waals surface area contributed by atoms with Crippen molar-refractivity contribution in [2.24, 2.45) is 0 Å². The Morgan fingerprint density at radius 2 is 2.00 bits per heavy atom. The molecule has 1 aromatic carbocycles. The molecule has 1 N–H and O–H groups in total. The lowest BCUT2D eigenvalue weighted by molar-refractivity contribution is 0.0939. The Bertz CT molecular complexity index is 1000. The van der Waals surface area contributed by atoms with E-state index in [0.29, 0.717) is 23.7 Å². The predicted octanol–water partition coefficient (Wildman–Crippen LogP) is 3.50. The fourth-order valence-corrected chi connectivity index (χ4v) is 3.50. The van der Waals surface area contributed by atoms with E-state index < -0.39 is 0 Å². The molecular weight excluding hydrogens is 438 g/mol. The zero-order chi connectivity index (χ0) is 21.0. The van der Waals surface area contributed by atoms with E-state index in [2.05, 4.69) is 36.5 Å². The van der Waals surface area contributed by atoms with Gasteiger partial charge in [-0.1, -0.05) is 13.0 Å². The molecule has 1 atom stereocenters. The van der Waals surface area contributed by atoms with Gasteiger partial charge in [-0.05, 0) is 53.0 Å². The van der Waals surface area contributed by atoms with Crippen LogP contribution in [-0.2, 0) is 6.42 Å². The molecule has 152 valence electrons. The van der Waals surface area contributed by atoms with Crippen LogP contribution in [0.25, 0.3) is 5.82 Å². The lowest BCUT2D eigenvalue weighted by Gasteiger charge is -2.16. The number of carbonyl (C=O) groups excluding carboxylic acids is 1. The van der Waals surface area contributed by atoms with Gasteiger partial charge in [-0.25, -0.2) is 4.68 Å². The molecule has 8 nitrogen and oxygen atoms in total. The van der Waals surface area contributed by atoms with Crippen molar-refractivity contribution in [3.05, 3.63) is 57.8 Å². The number of nitrogens with zero attached hydrogens (tertiary/aromatic N) is 4. The van der Waals surface area contributed by atoms with Crippen molar-refractivity contribution in [3.8, 4) is 17.4 Å². The Morgan fingerprint density at radius 3 is 2.59 bits per heavy atom. The third-order valence-corrected chi connectivity index (χ3v) is 5.14. The second kappa shape index (κ2) is 9.04. The van der Waals surface area contributed by atoms with Crippen LogP contribution in [0.2, 0.25) is 0 Å². The van der Waals surface area contributed by atoms with E-state index in [9.17, 15) is 4.79 Å². The summed E-state index contributed by atoms with van der Waals surface area (Å²) in [6, 6.07) is 8.97. The van der Waals surface area contributed by atoms with Crippen LogP contribution in [-0.4, -0.2) is 40.1 Å². The van der Waals surface area contributed by atoms with Crippen LogP contribution >= 0.6 is 15.9 Å². The van der Waals surface area contributed by atoms with Gasteiger partial charge in [-0.3, -0.25) is 4.79 Å². The molecule has 29 heavy (non-hydrogen) atoms. The highest BCUT2D eigenvalue weighted by Crippen LogP contribution is 2.28. The van der Waals surface area contributed by atoms with E-state index in [1.165, 1.54) is 7.11 Å². The fraction of sp³-hybridized carbons (Fsp3) is 0.300. The number of benzene rings is 1. The van der Waals surface area contributed by atoms with Crippen molar-refractivity contribution in [2.45, 2.75) is 26.3 Å². The zero-order valence-corrected chi connectivity index (χ0v) is 18.2. The highest BCUT2D eigenvalue weighted by atomic mass is 79.9. The average Bonchev–Trinajstić information content (AvgIpc) is 3.17. The van der Waals surface area contributed by atoms with E-state index in [-0.39, 0.29) is 11.9 Å². The number of amides is 1. The van der Waals surface area contributed by atoms with Crippen LogP contribution in [0.15, 0.2) is 41.0 Å². The first-order chi connectivity index (χ1) is 14.0. The second-order valence-electron chi connectivity index (χ2n) is 6.29. The van der Waals surface area contributed by atoms with Crippen LogP contribution in [0.4, 0.5) is 0 Å². The molecule has 0 saturated carbocycles. The second-order valence-corrected chi connectivity index (χ2v) is 7.15. The standard InChI is InChI=1S/C20H22BrN5O3/c1-5-16-14(11-22-26(16)18-8-9-19(29-4)25-24-18)20(27)23-12(2)13-6-7-17(28-3)15(21)10-13/h6-12H,5H2,1-4H3,(H,23,27). The van der Waals surface area contributed by atoms with Crippen molar-refractivity contribution in [1.29, 1.82) is 0 Å². The van der Waals surface area contributed by atoms with Crippen molar-refractivity contribution in [2.75, 3.05) is 14.2 Å². The molecule has 0 radical (unpaired) electrons. The molecular formula is C20H22BrN5O3. The van der Waals surface area contributed by atoms with Crippen LogP contribution < -0.4 is 14.8 Å². The van der Waals surface area contributed by atoms with E-state index in [1.807, 2.05) is 32.0 Å². The summed E-state index contributed by atoms with van der Waals surface area (Å²) < 4.78 is 12.7. The molecule has 0 saturated heterocycles. The Morgan fingerprint density at radius 1 is 1.21 bits per heavy atom. The van der Waals surface area contributed by atoms with Crippen molar-refractivity contribution in [1.82, 2.24) is 25.3 Å². The molecule has 2 heterocycles. The number of halogens is 1. The number of rotatable bonds is 7. The van der Waals surface area contributed by atoms with Gasteiger partial charge in [0.2, 0.25) is 5.88 Å². The SMILES string of the molecule is CCc1c(C(=O)NC(C)c2ccc(OC)c(Br)c2)cnn1-c1ccc(OC)nn1. The highest BCUT2D eigenvalue weighted by Gasteiger charge is 2.20. The predicted molar refractivity (Wildman–Crippen MR) is 112 cm³/mol. The van der Waals surface area contributed by atoms with Crippen molar-refractivity contribution in [3.63, 3.8) is 0 Å². The minimum atomic E-state index is -0.200. The fourth-order valence-electron chi connectivity index (χ4n) is 2.95. The first-order valence-corrected chi connectivity index (χ1v) is 9.87. The quantitative estimate of drug-likeness (QED) is 0.581. The maximum atomic E-state index is 12.9.